The number of hydrogen-bond donors (Lipinski definition) is 1. The highest BCUT2D eigenvalue weighted by molar-refractivity contribution is 5.97. The third kappa shape index (κ3) is 5.11. The number of aromatic amines is 1. The van der Waals surface area contributed by atoms with Gasteiger partial charge < -0.3 is 19.4 Å². The molecule has 0 unspecified atom stereocenters. The van der Waals surface area contributed by atoms with E-state index in [0.29, 0.717) is 36.2 Å². The number of fused-ring (bicyclic) bond motifs is 1. The highest BCUT2D eigenvalue weighted by atomic mass is 16.2. The van der Waals surface area contributed by atoms with Crippen LogP contribution in [-0.2, 0) is 13.1 Å². The molecule has 31 heavy (non-hydrogen) atoms. The first-order chi connectivity index (χ1) is 15.0. The summed E-state index contributed by atoms with van der Waals surface area (Å²) in [4.78, 5) is 44.3. The zero-order chi connectivity index (χ0) is 22.4. The maximum absolute atomic E-state index is 13.4. The van der Waals surface area contributed by atoms with Crippen molar-refractivity contribution in [1.82, 2.24) is 19.4 Å². The molecule has 0 radical (unpaired) electrons. The quantitative estimate of drug-likeness (QED) is 0.538. The molecule has 0 fully saturated rings. The third-order valence-corrected chi connectivity index (χ3v) is 5.62. The van der Waals surface area contributed by atoms with E-state index >= 15 is 0 Å². The van der Waals surface area contributed by atoms with Crippen LogP contribution in [0.25, 0.3) is 11.0 Å². The van der Waals surface area contributed by atoms with Crippen molar-refractivity contribution >= 4 is 16.9 Å². The van der Waals surface area contributed by atoms with Gasteiger partial charge >= 0.3 is 11.1 Å². The smallest absolute Gasteiger partial charge is 0.316 e. The van der Waals surface area contributed by atoms with Crippen molar-refractivity contribution in [1.29, 1.82) is 0 Å². The molecule has 0 aliphatic heterocycles. The van der Waals surface area contributed by atoms with Gasteiger partial charge in [0.25, 0.3) is 5.91 Å². The van der Waals surface area contributed by atoms with E-state index in [1.165, 1.54) is 4.57 Å². The van der Waals surface area contributed by atoms with E-state index in [9.17, 15) is 14.4 Å². The molecule has 1 aromatic heterocycles. The average molecular weight is 423 g/mol. The molecule has 1 N–H and O–H groups in total. The number of aromatic nitrogens is 2. The molecule has 0 atom stereocenters. The van der Waals surface area contributed by atoms with Crippen LogP contribution in [0.15, 0.2) is 58.1 Å². The number of H-pyrrole nitrogens is 1. The van der Waals surface area contributed by atoms with Crippen LogP contribution in [0.5, 0.6) is 0 Å². The molecule has 2 aromatic carbocycles. The van der Waals surface area contributed by atoms with Crippen molar-refractivity contribution in [3.8, 4) is 0 Å². The molecule has 3 rings (SSSR count). The number of likely N-dealkylation sites (N-methyl/N-ethyl adjacent to an activating group) is 1. The minimum absolute atomic E-state index is 0.104. The lowest BCUT2D eigenvalue weighted by Crippen LogP contribution is -2.38. The molecule has 1 heterocycles. The van der Waals surface area contributed by atoms with Gasteiger partial charge in [0.1, 0.15) is 0 Å². The minimum Gasteiger partial charge on any atom is -0.333 e. The monoisotopic (exact) mass is 422 g/mol. The molecule has 0 aliphatic carbocycles. The van der Waals surface area contributed by atoms with Gasteiger partial charge in [-0.2, -0.15) is 0 Å². The molecule has 0 bridgehead atoms. The van der Waals surface area contributed by atoms with Crippen LogP contribution >= 0.6 is 0 Å². The SMILES string of the molecule is CCN(CC)CCN(Cc1ccccc1)C(=O)c1ccc2c(c1)[nH]c(=O)c(=O)n2CC. The average Bonchev–Trinajstić information content (AvgIpc) is 2.79. The number of benzene rings is 2. The van der Waals surface area contributed by atoms with Gasteiger partial charge in [0, 0.05) is 31.7 Å². The van der Waals surface area contributed by atoms with Gasteiger partial charge in [-0.1, -0.05) is 44.2 Å². The second-order valence-electron chi connectivity index (χ2n) is 7.47. The summed E-state index contributed by atoms with van der Waals surface area (Å²) in [6.07, 6.45) is 0. The Morgan fingerprint density at radius 1 is 0.968 bits per heavy atom. The Balaban J connectivity index is 1.95. The van der Waals surface area contributed by atoms with Crippen molar-refractivity contribution in [3.63, 3.8) is 0 Å². The lowest BCUT2D eigenvalue weighted by atomic mass is 10.1. The Kier molecular flexibility index (Phi) is 7.41. The molecule has 0 saturated heterocycles. The Hall–Kier alpha value is -3.19. The van der Waals surface area contributed by atoms with Gasteiger partial charge in [0.15, 0.2) is 0 Å². The van der Waals surface area contributed by atoms with Crippen LogP contribution < -0.4 is 11.1 Å². The Bertz CT molecular complexity index is 1150. The number of carbonyl (C=O) groups excluding carboxylic acids is 1. The van der Waals surface area contributed by atoms with Crippen molar-refractivity contribution in [2.24, 2.45) is 0 Å². The van der Waals surface area contributed by atoms with Crippen LogP contribution in [0.1, 0.15) is 36.7 Å². The van der Waals surface area contributed by atoms with Gasteiger partial charge in [-0.15, -0.1) is 0 Å². The Morgan fingerprint density at radius 2 is 1.68 bits per heavy atom. The second kappa shape index (κ2) is 10.2. The predicted octanol–water partition coefficient (Wildman–Crippen LogP) is 2.69. The lowest BCUT2D eigenvalue weighted by Gasteiger charge is -2.27. The molecule has 3 aromatic rings. The minimum atomic E-state index is -0.679. The van der Waals surface area contributed by atoms with Gasteiger partial charge in [0.05, 0.1) is 11.0 Å². The molecular formula is C24H30N4O3. The number of aryl methyl sites for hydroxylation is 1. The van der Waals surface area contributed by atoms with Crippen LogP contribution in [0, 0.1) is 0 Å². The van der Waals surface area contributed by atoms with Gasteiger partial charge in [-0.05, 0) is 43.8 Å². The molecular weight excluding hydrogens is 392 g/mol. The van der Waals surface area contributed by atoms with Crippen molar-refractivity contribution < 1.29 is 4.79 Å². The second-order valence-corrected chi connectivity index (χ2v) is 7.47. The van der Waals surface area contributed by atoms with Crippen molar-refractivity contribution in [2.75, 3.05) is 26.2 Å². The first kappa shape index (κ1) is 22.5. The van der Waals surface area contributed by atoms with E-state index in [1.54, 1.807) is 18.2 Å². The Labute approximate surface area is 181 Å². The number of nitrogens with one attached hydrogen (secondary N) is 1. The third-order valence-electron chi connectivity index (χ3n) is 5.62. The van der Waals surface area contributed by atoms with E-state index < -0.39 is 11.1 Å². The molecule has 0 aliphatic rings. The molecule has 1 amide bonds. The zero-order valence-electron chi connectivity index (χ0n) is 18.4. The van der Waals surface area contributed by atoms with E-state index in [4.69, 9.17) is 0 Å². The fourth-order valence-corrected chi connectivity index (χ4v) is 3.77. The summed E-state index contributed by atoms with van der Waals surface area (Å²) in [6, 6.07) is 15.0. The van der Waals surface area contributed by atoms with E-state index in [-0.39, 0.29) is 5.91 Å². The highest BCUT2D eigenvalue weighted by Gasteiger charge is 2.18. The molecule has 0 spiro atoms. The van der Waals surface area contributed by atoms with E-state index in [2.05, 4.69) is 23.7 Å². The number of nitrogens with zero attached hydrogens (tertiary/aromatic N) is 3. The van der Waals surface area contributed by atoms with Crippen LogP contribution in [-0.4, -0.2) is 51.4 Å². The zero-order valence-corrected chi connectivity index (χ0v) is 18.4. The molecule has 7 heteroatoms. The molecule has 0 saturated carbocycles. The number of amides is 1. The summed E-state index contributed by atoms with van der Waals surface area (Å²) in [5, 5.41) is 0. The van der Waals surface area contributed by atoms with Gasteiger partial charge in [0.2, 0.25) is 0 Å². The topological polar surface area (TPSA) is 78.4 Å². The normalized spacial score (nSPS) is 11.2. The molecule has 7 nitrogen and oxygen atoms in total. The Morgan fingerprint density at radius 3 is 2.32 bits per heavy atom. The summed E-state index contributed by atoms with van der Waals surface area (Å²) < 4.78 is 1.42. The standard InChI is InChI=1S/C24H30N4O3/c1-4-26(5-2)14-15-27(17-18-10-8-7-9-11-18)23(30)19-12-13-21-20(16-19)25-22(29)24(31)28(21)6-3/h7-13,16H,4-6,14-15,17H2,1-3H3,(H,25,29). The van der Waals surface area contributed by atoms with Gasteiger partial charge in [-0.25, -0.2) is 0 Å². The summed E-state index contributed by atoms with van der Waals surface area (Å²) in [6.45, 7) is 10.2. The van der Waals surface area contributed by atoms with Gasteiger partial charge in [-0.3, -0.25) is 14.4 Å². The maximum Gasteiger partial charge on any atom is 0.316 e. The van der Waals surface area contributed by atoms with Crippen molar-refractivity contribution in [2.45, 2.75) is 33.9 Å². The first-order valence-corrected chi connectivity index (χ1v) is 10.8. The largest absolute Gasteiger partial charge is 0.333 e. The van der Waals surface area contributed by atoms with Crippen LogP contribution in [0.2, 0.25) is 0 Å². The number of carbonyl (C=O) groups is 1. The van der Waals surface area contributed by atoms with Crippen LogP contribution in [0.4, 0.5) is 0 Å². The fraction of sp³-hybridized carbons (Fsp3) is 0.375. The van der Waals surface area contributed by atoms with Crippen molar-refractivity contribution in [3.05, 3.63) is 80.4 Å². The first-order valence-electron chi connectivity index (χ1n) is 10.8. The summed E-state index contributed by atoms with van der Waals surface area (Å²) in [5.74, 6) is -0.104. The highest BCUT2D eigenvalue weighted by Crippen LogP contribution is 2.15. The summed E-state index contributed by atoms with van der Waals surface area (Å²) in [7, 11) is 0. The maximum atomic E-state index is 13.4. The van der Waals surface area contributed by atoms with Crippen LogP contribution in [0.3, 0.4) is 0 Å². The van der Waals surface area contributed by atoms with E-state index in [1.807, 2.05) is 42.2 Å². The molecule has 164 valence electrons. The summed E-state index contributed by atoms with van der Waals surface area (Å²) in [5.41, 5.74) is 1.38. The number of rotatable bonds is 9. The lowest BCUT2D eigenvalue weighted by molar-refractivity contribution is 0.0724. The number of hydrogen-bond acceptors (Lipinski definition) is 4. The predicted molar refractivity (Wildman–Crippen MR) is 123 cm³/mol. The summed E-state index contributed by atoms with van der Waals surface area (Å²) >= 11 is 0. The van der Waals surface area contributed by atoms with E-state index in [0.717, 1.165) is 25.2 Å². The fourth-order valence-electron chi connectivity index (χ4n) is 3.77.